The van der Waals surface area contributed by atoms with Crippen LogP contribution in [-0.2, 0) is 0 Å². The Hall–Kier alpha value is -1.25. The summed E-state index contributed by atoms with van der Waals surface area (Å²) in [6, 6.07) is 4.43. The van der Waals surface area contributed by atoms with E-state index in [1.165, 1.54) is 76.3 Å². The van der Waals surface area contributed by atoms with Gasteiger partial charge in [0.15, 0.2) is 11.6 Å². The molecule has 2 saturated carbocycles. The number of unbranched alkanes of at least 4 members (excludes halogenated alkanes) is 2. The van der Waals surface area contributed by atoms with Gasteiger partial charge in [0, 0.05) is 0 Å². The molecule has 29 heavy (non-hydrogen) atoms. The summed E-state index contributed by atoms with van der Waals surface area (Å²) in [5, 5.41) is 0. The Bertz CT molecular complexity index is 623. The minimum absolute atomic E-state index is 0.400. The average Bonchev–Trinajstić information content (AvgIpc) is 2.75. The molecule has 0 nitrogen and oxygen atoms in total. The minimum Gasteiger partial charge on any atom is -0.216 e. The van der Waals surface area contributed by atoms with Gasteiger partial charge in [-0.1, -0.05) is 63.5 Å². The van der Waals surface area contributed by atoms with Crippen LogP contribution in [0.15, 0.2) is 30.6 Å². The highest BCUT2D eigenvalue weighted by Gasteiger charge is 2.25. The normalized spacial score (nSPS) is 28.1. The Balaban J connectivity index is 1.29. The predicted octanol–water partition coefficient (Wildman–Crippen LogP) is 8.87. The molecule has 0 aromatic heterocycles. The summed E-state index contributed by atoms with van der Waals surface area (Å²) in [5.41, 5.74) is 0.974. The van der Waals surface area contributed by atoms with Gasteiger partial charge in [0.1, 0.15) is 0 Å². The molecule has 0 unspecified atom stereocenters. The van der Waals surface area contributed by atoms with Gasteiger partial charge in [-0.3, -0.25) is 0 Å². The van der Waals surface area contributed by atoms with E-state index in [0.717, 1.165) is 49.0 Å². The van der Waals surface area contributed by atoms with Gasteiger partial charge in [-0.25, -0.2) is 13.2 Å². The van der Waals surface area contributed by atoms with E-state index in [0.29, 0.717) is 12.2 Å². The smallest absolute Gasteiger partial charge is 0.159 e. The Morgan fingerprint density at radius 2 is 1.31 bits per heavy atom. The van der Waals surface area contributed by atoms with E-state index in [4.69, 9.17) is 0 Å². The summed E-state index contributed by atoms with van der Waals surface area (Å²) in [5.74, 6) is 1.56. The van der Waals surface area contributed by atoms with Crippen molar-refractivity contribution in [2.45, 2.75) is 95.8 Å². The van der Waals surface area contributed by atoms with Gasteiger partial charge in [-0.2, -0.15) is 0 Å². The molecule has 3 heteroatoms. The van der Waals surface area contributed by atoms with Gasteiger partial charge in [0.25, 0.3) is 0 Å². The van der Waals surface area contributed by atoms with E-state index < -0.39 is 11.6 Å². The van der Waals surface area contributed by atoms with Crippen molar-refractivity contribution in [2.75, 3.05) is 0 Å². The van der Waals surface area contributed by atoms with Crippen molar-refractivity contribution >= 4 is 0 Å². The van der Waals surface area contributed by atoms with Crippen molar-refractivity contribution < 1.29 is 13.2 Å². The lowest BCUT2D eigenvalue weighted by atomic mass is 9.74. The van der Waals surface area contributed by atoms with Crippen LogP contribution in [0.25, 0.3) is 0 Å². The van der Waals surface area contributed by atoms with Crippen LogP contribution in [0.2, 0.25) is 0 Å². The highest BCUT2D eigenvalue weighted by molar-refractivity contribution is 5.22. The molecule has 0 radical (unpaired) electrons. The van der Waals surface area contributed by atoms with E-state index in [1.54, 1.807) is 12.1 Å². The molecular weight excluding hydrogens is 369 g/mol. The van der Waals surface area contributed by atoms with Gasteiger partial charge < -0.3 is 0 Å². The number of rotatable bonds is 9. The first-order chi connectivity index (χ1) is 14.2. The second-order valence-electron chi connectivity index (χ2n) is 9.50. The van der Waals surface area contributed by atoms with E-state index >= 15 is 0 Å². The van der Waals surface area contributed by atoms with Crippen LogP contribution in [0.1, 0.15) is 101 Å². The van der Waals surface area contributed by atoms with E-state index in [2.05, 4.69) is 0 Å². The standard InChI is InChI=1S/C26H37F3/c27-18-4-2-1-3-5-20-6-8-21(9-7-20)10-11-22-12-14-23(15-13-22)24-16-17-25(28)26(29)19-24/h4,16-23H,1-3,5-15H2/b18-4+/t20-,21-,22-,23-. The van der Waals surface area contributed by atoms with Gasteiger partial charge in [-0.05, 0) is 79.9 Å². The third-order valence-corrected chi connectivity index (χ3v) is 7.53. The van der Waals surface area contributed by atoms with Crippen LogP contribution < -0.4 is 0 Å². The van der Waals surface area contributed by atoms with Crippen LogP contribution in [0, 0.1) is 29.4 Å². The quantitative estimate of drug-likeness (QED) is 0.359. The lowest BCUT2D eigenvalue weighted by Gasteiger charge is -2.32. The fourth-order valence-electron chi connectivity index (χ4n) is 5.59. The Morgan fingerprint density at radius 1 is 0.724 bits per heavy atom. The van der Waals surface area contributed by atoms with Gasteiger partial charge >= 0.3 is 0 Å². The number of hydrogen-bond acceptors (Lipinski definition) is 0. The topological polar surface area (TPSA) is 0 Å². The first-order valence-corrected chi connectivity index (χ1v) is 11.9. The molecular formula is C26H37F3. The van der Waals surface area contributed by atoms with Gasteiger partial charge in [-0.15, -0.1) is 0 Å². The summed E-state index contributed by atoms with van der Waals surface area (Å²) >= 11 is 0. The summed E-state index contributed by atoms with van der Waals surface area (Å²) in [7, 11) is 0. The molecule has 0 bridgehead atoms. The molecule has 162 valence electrons. The van der Waals surface area contributed by atoms with Crippen molar-refractivity contribution in [3.8, 4) is 0 Å². The Morgan fingerprint density at radius 3 is 1.90 bits per heavy atom. The Kier molecular flexibility index (Phi) is 9.14. The maximum absolute atomic E-state index is 13.5. The highest BCUT2D eigenvalue weighted by atomic mass is 19.2. The van der Waals surface area contributed by atoms with Crippen molar-refractivity contribution in [1.82, 2.24) is 0 Å². The fraction of sp³-hybridized carbons (Fsp3) is 0.692. The molecule has 1 aromatic carbocycles. The molecule has 3 rings (SSSR count). The zero-order valence-electron chi connectivity index (χ0n) is 17.7. The molecule has 1 aromatic rings. The molecule has 2 aliphatic carbocycles. The van der Waals surface area contributed by atoms with Crippen LogP contribution in [0.4, 0.5) is 13.2 Å². The van der Waals surface area contributed by atoms with Crippen molar-refractivity contribution in [3.63, 3.8) is 0 Å². The van der Waals surface area contributed by atoms with Crippen LogP contribution in [0.5, 0.6) is 0 Å². The third-order valence-electron chi connectivity index (χ3n) is 7.53. The summed E-state index contributed by atoms with van der Waals surface area (Å²) in [6.45, 7) is 0. The number of halogens is 3. The Labute approximate surface area is 175 Å². The van der Waals surface area contributed by atoms with Crippen molar-refractivity contribution in [2.24, 2.45) is 17.8 Å². The molecule has 2 fully saturated rings. The molecule has 0 atom stereocenters. The summed E-state index contributed by atoms with van der Waals surface area (Å²) in [4.78, 5) is 0. The number of benzene rings is 1. The summed E-state index contributed by atoms with van der Waals surface area (Å²) in [6.07, 6.45) is 19.8. The lowest BCUT2D eigenvalue weighted by Crippen LogP contribution is -2.18. The van der Waals surface area contributed by atoms with Crippen LogP contribution in [0.3, 0.4) is 0 Å². The first-order valence-electron chi connectivity index (χ1n) is 11.9. The van der Waals surface area contributed by atoms with E-state index in [9.17, 15) is 13.2 Å². The van der Waals surface area contributed by atoms with E-state index in [1.807, 2.05) is 0 Å². The molecule has 0 spiro atoms. The second-order valence-corrected chi connectivity index (χ2v) is 9.50. The first kappa shape index (κ1) is 22.4. The summed E-state index contributed by atoms with van der Waals surface area (Å²) < 4.78 is 38.6. The minimum atomic E-state index is -0.744. The second kappa shape index (κ2) is 11.8. The van der Waals surface area contributed by atoms with Gasteiger partial charge in [0.05, 0.1) is 6.33 Å². The van der Waals surface area contributed by atoms with Crippen molar-refractivity contribution in [1.29, 1.82) is 0 Å². The molecule has 2 aliphatic rings. The maximum atomic E-state index is 13.5. The zero-order chi connectivity index (χ0) is 20.5. The van der Waals surface area contributed by atoms with Crippen LogP contribution >= 0.6 is 0 Å². The molecule has 0 heterocycles. The molecule has 0 aliphatic heterocycles. The number of hydrogen-bond donors (Lipinski definition) is 0. The number of allylic oxidation sites excluding steroid dienone is 1. The van der Waals surface area contributed by atoms with E-state index in [-0.39, 0.29) is 0 Å². The zero-order valence-corrected chi connectivity index (χ0v) is 17.7. The SMILES string of the molecule is F/C=C/CCCC[C@H]1CC[C@H](CC[C@H]2CC[C@H](c3ccc(F)c(F)c3)CC2)CC1. The van der Waals surface area contributed by atoms with Crippen molar-refractivity contribution in [3.05, 3.63) is 47.8 Å². The highest BCUT2D eigenvalue weighted by Crippen LogP contribution is 2.40. The average molecular weight is 407 g/mol. The predicted molar refractivity (Wildman–Crippen MR) is 114 cm³/mol. The maximum Gasteiger partial charge on any atom is 0.159 e. The fourth-order valence-corrected chi connectivity index (χ4v) is 5.59. The lowest BCUT2D eigenvalue weighted by molar-refractivity contribution is 0.222. The molecule has 0 N–H and O–H groups in total. The van der Waals surface area contributed by atoms with Gasteiger partial charge in [0.2, 0.25) is 0 Å². The third kappa shape index (κ3) is 7.19. The molecule has 0 amide bonds. The van der Waals surface area contributed by atoms with Crippen LogP contribution in [-0.4, -0.2) is 0 Å². The molecule has 0 saturated heterocycles. The largest absolute Gasteiger partial charge is 0.216 e. The monoisotopic (exact) mass is 406 g/mol.